The van der Waals surface area contributed by atoms with E-state index in [2.05, 4.69) is 15.4 Å². The van der Waals surface area contributed by atoms with Crippen LogP contribution in [-0.4, -0.2) is 33.8 Å². The number of nitrogens with zero attached hydrogens (tertiary/aromatic N) is 3. The maximum atomic E-state index is 12.8. The second-order valence-electron chi connectivity index (χ2n) is 6.65. The van der Waals surface area contributed by atoms with Gasteiger partial charge in [0.25, 0.3) is 5.91 Å². The predicted molar refractivity (Wildman–Crippen MR) is 109 cm³/mol. The molecular weight excluding hydrogens is 396 g/mol. The molecule has 0 aliphatic heterocycles. The van der Waals surface area contributed by atoms with Crippen molar-refractivity contribution in [1.29, 1.82) is 0 Å². The Morgan fingerprint density at radius 3 is 2.75 bits per heavy atom. The zero-order valence-corrected chi connectivity index (χ0v) is 17.3. The van der Waals surface area contributed by atoms with Crippen LogP contribution in [0, 0.1) is 0 Å². The third-order valence-electron chi connectivity index (χ3n) is 4.72. The molecule has 0 bridgehead atoms. The average molecular weight is 417 g/mol. The molecule has 0 fully saturated rings. The molecule has 3 heterocycles. The van der Waals surface area contributed by atoms with Crippen molar-refractivity contribution in [2.75, 3.05) is 12.4 Å². The Labute approximate surface area is 170 Å². The average Bonchev–Trinajstić information content (AvgIpc) is 3.37. The summed E-state index contributed by atoms with van der Waals surface area (Å²) in [5.41, 5.74) is 2.41. The van der Waals surface area contributed by atoms with Crippen LogP contribution in [0.3, 0.4) is 0 Å². The highest BCUT2D eigenvalue weighted by atomic mass is 32.1. The van der Waals surface area contributed by atoms with E-state index in [-0.39, 0.29) is 5.91 Å². The first kappa shape index (κ1) is 18.8. The van der Waals surface area contributed by atoms with Crippen molar-refractivity contribution < 1.29 is 14.3 Å². The summed E-state index contributed by atoms with van der Waals surface area (Å²) < 4.78 is 6.68. The van der Waals surface area contributed by atoms with E-state index < -0.39 is 5.97 Å². The third kappa shape index (κ3) is 3.59. The SMILES string of the molecule is COC(=O)c1c(NC(=O)c2cnc(-c3cnn(C)c3)s2)sc2c1CCCCC2. The standard InChI is InChI=1S/C19H20N4O3S2/c1-23-10-11(8-21-23)17-20-9-14(28-17)16(24)22-18-15(19(25)26-2)12-6-4-3-5-7-13(12)27-18/h8-10H,3-7H2,1-2H3,(H,22,24). The van der Waals surface area contributed by atoms with E-state index in [9.17, 15) is 9.59 Å². The lowest BCUT2D eigenvalue weighted by atomic mass is 10.1. The number of hydrogen-bond donors (Lipinski definition) is 1. The first-order valence-corrected chi connectivity index (χ1v) is 10.7. The number of nitrogens with one attached hydrogen (secondary N) is 1. The quantitative estimate of drug-likeness (QED) is 0.515. The molecule has 1 N–H and O–H groups in total. The smallest absolute Gasteiger partial charge is 0.341 e. The highest BCUT2D eigenvalue weighted by Gasteiger charge is 2.27. The van der Waals surface area contributed by atoms with Crippen molar-refractivity contribution >= 4 is 39.6 Å². The predicted octanol–water partition coefficient (Wildman–Crippen LogP) is 3.91. The number of methoxy groups -OCH3 is 1. The topological polar surface area (TPSA) is 86.1 Å². The van der Waals surface area contributed by atoms with Gasteiger partial charge in [0.1, 0.15) is 14.9 Å². The summed E-state index contributed by atoms with van der Waals surface area (Å²) in [5.74, 6) is -0.663. The number of carbonyl (C=O) groups is 2. The molecule has 1 amide bonds. The number of amides is 1. The molecule has 3 aromatic heterocycles. The Kier molecular flexibility index (Phi) is 5.27. The molecule has 28 heavy (non-hydrogen) atoms. The Morgan fingerprint density at radius 2 is 2.00 bits per heavy atom. The summed E-state index contributed by atoms with van der Waals surface area (Å²) in [5, 5.41) is 8.35. The van der Waals surface area contributed by atoms with Gasteiger partial charge in [-0.2, -0.15) is 5.10 Å². The fraction of sp³-hybridized carbons (Fsp3) is 0.368. The largest absolute Gasteiger partial charge is 0.465 e. The van der Waals surface area contributed by atoms with Crippen LogP contribution >= 0.6 is 22.7 Å². The molecule has 0 aromatic carbocycles. The molecule has 3 aromatic rings. The van der Waals surface area contributed by atoms with Gasteiger partial charge in [0.15, 0.2) is 0 Å². The van der Waals surface area contributed by atoms with Crippen molar-refractivity contribution in [1.82, 2.24) is 14.8 Å². The normalized spacial score (nSPS) is 13.6. The fourth-order valence-electron chi connectivity index (χ4n) is 3.36. The molecule has 146 valence electrons. The van der Waals surface area contributed by atoms with Gasteiger partial charge >= 0.3 is 5.97 Å². The first-order chi connectivity index (χ1) is 13.6. The number of aryl methyl sites for hydroxylation is 2. The number of carbonyl (C=O) groups excluding carboxylic acids is 2. The minimum absolute atomic E-state index is 0.269. The molecule has 9 heteroatoms. The van der Waals surface area contributed by atoms with E-state index in [0.717, 1.165) is 48.2 Å². The van der Waals surface area contributed by atoms with Gasteiger partial charge in [-0.3, -0.25) is 9.48 Å². The number of thiophene rings is 1. The number of aromatic nitrogens is 3. The van der Waals surface area contributed by atoms with E-state index in [1.165, 1.54) is 34.7 Å². The summed E-state index contributed by atoms with van der Waals surface area (Å²) in [6.07, 6.45) is 10.2. The molecule has 1 aliphatic carbocycles. The highest BCUT2D eigenvalue weighted by Crippen LogP contribution is 2.38. The van der Waals surface area contributed by atoms with Gasteiger partial charge < -0.3 is 10.1 Å². The van der Waals surface area contributed by atoms with Gasteiger partial charge in [-0.1, -0.05) is 6.42 Å². The van der Waals surface area contributed by atoms with E-state index in [1.807, 2.05) is 13.2 Å². The van der Waals surface area contributed by atoms with Crippen molar-refractivity contribution in [2.45, 2.75) is 32.1 Å². The Balaban J connectivity index is 1.61. The molecule has 0 spiro atoms. The monoisotopic (exact) mass is 416 g/mol. The number of esters is 1. The van der Waals surface area contributed by atoms with Gasteiger partial charge in [0.05, 0.1) is 25.1 Å². The molecule has 4 rings (SSSR count). The van der Waals surface area contributed by atoms with Crippen LogP contribution in [0.4, 0.5) is 5.00 Å². The van der Waals surface area contributed by atoms with Crippen LogP contribution in [0.1, 0.15) is 49.7 Å². The number of ether oxygens (including phenoxy) is 1. The first-order valence-electron chi connectivity index (χ1n) is 9.06. The highest BCUT2D eigenvalue weighted by molar-refractivity contribution is 7.18. The van der Waals surface area contributed by atoms with Crippen molar-refractivity contribution in [3.63, 3.8) is 0 Å². The lowest BCUT2D eigenvalue weighted by Gasteiger charge is -2.06. The van der Waals surface area contributed by atoms with Crippen LogP contribution in [0.25, 0.3) is 10.6 Å². The van der Waals surface area contributed by atoms with Crippen molar-refractivity contribution in [3.8, 4) is 10.6 Å². The van der Waals surface area contributed by atoms with Gasteiger partial charge in [-0.15, -0.1) is 22.7 Å². The van der Waals surface area contributed by atoms with Crippen LogP contribution in [0.15, 0.2) is 18.6 Å². The van der Waals surface area contributed by atoms with E-state index in [0.29, 0.717) is 15.4 Å². The molecule has 1 aliphatic rings. The lowest BCUT2D eigenvalue weighted by Crippen LogP contribution is -2.13. The minimum Gasteiger partial charge on any atom is -0.465 e. The number of fused-ring (bicyclic) bond motifs is 1. The molecule has 0 radical (unpaired) electrons. The molecule has 0 atom stereocenters. The number of hydrogen-bond acceptors (Lipinski definition) is 7. The summed E-state index contributed by atoms with van der Waals surface area (Å²) in [6, 6.07) is 0. The maximum Gasteiger partial charge on any atom is 0.341 e. The van der Waals surface area contributed by atoms with Crippen molar-refractivity contribution in [2.24, 2.45) is 7.05 Å². The summed E-state index contributed by atoms with van der Waals surface area (Å²) in [6.45, 7) is 0. The summed E-state index contributed by atoms with van der Waals surface area (Å²) in [4.78, 5) is 31.2. The summed E-state index contributed by atoms with van der Waals surface area (Å²) >= 11 is 2.78. The Bertz CT molecular complexity index is 1030. The maximum absolute atomic E-state index is 12.8. The summed E-state index contributed by atoms with van der Waals surface area (Å²) in [7, 11) is 3.21. The molecule has 0 unspecified atom stereocenters. The molecule has 0 saturated carbocycles. The second-order valence-corrected chi connectivity index (χ2v) is 8.78. The van der Waals surface area contributed by atoms with Gasteiger partial charge in [0.2, 0.25) is 0 Å². The van der Waals surface area contributed by atoms with E-state index >= 15 is 0 Å². The number of rotatable bonds is 4. The van der Waals surface area contributed by atoms with Gasteiger partial charge in [0, 0.05) is 23.7 Å². The number of anilines is 1. The number of thiazole rings is 1. The van der Waals surface area contributed by atoms with Crippen molar-refractivity contribution in [3.05, 3.63) is 39.5 Å². The minimum atomic E-state index is -0.393. The molecular formula is C19H20N4O3S2. The van der Waals surface area contributed by atoms with Crippen LogP contribution in [-0.2, 0) is 24.6 Å². The Morgan fingerprint density at radius 1 is 1.18 bits per heavy atom. The van der Waals surface area contributed by atoms with Crippen LogP contribution in [0.5, 0.6) is 0 Å². The van der Waals surface area contributed by atoms with E-state index in [1.54, 1.807) is 17.1 Å². The van der Waals surface area contributed by atoms with E-state index in [4.69, 9.17) is 4.74 Å². The third-order valence-corrected chi connectivity index (χ3v) is 6.97. The zero-order chi connectivity index (χ0) is 19.7. The second kappa shape index (κ2) is 7.84. The molecule has 0 saturated heterocycles. The van der Waals surface area contributed by atoms with Crippen LogP contribution in [0.2, 0.25) is 0 Å². The van der Waals surface area contributed by atoms with Gasteiger partial charge in [-0.25, -0.2) is 9.78 Å². The zero-order valence-electron chi connectivity index (χ0n) is 15.7. The lowest BCUT2D eigenvalue weighted by molar-refractivity contribution is 0.0601. The van der Waals surface area contributed by atoms with Crippen LogP contribution < -0.4 is 5.32 Å². The Hall–Kier alpha value is -2.52. The fourth-order valence-corrected chi connectivity index (χ4v) is 5.42. The molecule has 7 nitrogen and oxygen atoms in total. The van der Waals surface area contributed by atoms with Gasteiger partial charge in [-0.05, 0) is 31.2 Å².